The number of halogens is 3. The molecule has 8 heteroatoms. The van der Waals surface area contributed by atoms with Crippen LogP contribution < -0.4 is 0 Å². The standard InChI is InChI=1S/C13H19F3N2O3/c1-20-8-7-18(6-2-5-17)12(19)9-10-3-4-11(21-10)13(14,15)16/h10-11H,2-4,6-9H2,1H3. The number of nitrogens with zero attached hydrogens (tertiary/aromatic N) is 2. The van der Waals surface area contributed by atoms with E-state index in [0.29, 0.717) is 13.2 Å². The Bertz CT molecular complexity index is 382. The predicted molar refractivity (Wildman–Crippen MR) is 67.3 cm³/mol. The molecule has 5 nitrogen and oxygen atoms in total. The molecule has 0 aromatic heterocycles. The third kappa shape index (κ3) is 5.89. The van der Waals surface area contributed by atoms with Gasteiger partial charge in [-0.3, -0.25) is 4.79 Å². The summed E-state index contributed by atoms with van der Waals surface area (Å²) >= 11 is 0. The monoisotopic (exact) mass is 308 g/mol. The van der Waals surface area contributed by atoms with Crippen LogP contribution in [-0.2, 0) is 14.3 Å². The van der Waals surface area contributed by atoms with Gasteiger partial charge in [0.2, 0.25) is 5.91 Å². The van der Waals surface area contributed by atoms with Crippen molar-refractivity contribution in [1.29, 1.82) is 5.26 Å². The SMILES string of the molecule is COCCN(CCC#N)C(=O)CC1CCC(C(F)(F)F)O1. The Morgan fingerprint density at radius 3 is 2.67 bits per heavy atom. The minimum Gasteiger partial charge on any atom is -0.383 e. The van der Waals surface area contributed by atoms with Crippen molar-refractivity contribution < 1.29 is 27.4 Å². The second-order valence-electron chi connectivity index (χ2n) is 4.85. The maximum atomic E-state index is 12.5. The van der Waals surface area contributed by atoms with Crippen molar-refractivity contribution in [2.75, 3.05) is 26.8 Å². The lowest BCUT2D eigenvalue weighted by Crippen LogP contribution is -2.37. The second kappa shape index (κ2) is 8.20. The van der Waals surface area contributed by atoms with Gasteiger partial charge in [-0.05, 0) is 12.8 Å². The first-order valence-corrected chi connectivity index (χ1v) is 6.74. The third-order valence-electron chi connectivity index (χ3n) is 3.29. The molecule has 0 radical (unpaired) electrons. The second-order valence-corrected chi connectivity index (χ2v) is 4.85. The molecule has 21 heavy (non-hydrogen) atoms. The first-order valence-electron chi connectivity index (χ1n) is 6.74. The molecule has 0 spiro atoms. The molecule has 1 amide bonds. The number of amides is 1. The number of hydrogen-bond acceptors (Lipinski definition) is 4. The largest absolute Gasteiger partial charge is 0.414 e. The lowest BCUT2D eigenvalue weighted by atomic mass is 10.1. The third-order valence-corrected chi connectivity index (χ3v) is 3.29. The lowest BCUT2D eigenvalue weighted by molar-refractivity contribution is -0.215. The predicted octanol–water partition coefficient (Wildman–Crippen LogP) is 1.88. The van der Waals surface area contributed by atoms with Crippen molar-refractivity contribution in [3.05, 3.63) is 0 Å². The minimum atomic E-state index is -4.38. The smallest absolute Gasteiger partial charge is 0.383 e. The van der Waals surface area contributed by atoms with Gasteiger partial charge < -0.3 is 14.4 Å². The fourth-order valence-electron chi connectivity index (χ4n) is 2.17. The van der Waals surface area contributed by atoms with Gasteiger partial charge >= 0.3 is 6.18 Å². The molecule has 120 valence electrons. The van der Waals surface area contributed by atoms with Crippen molar-refractivity contribution in [2.45, 2.75) is 44.1 Å². The van der Waals surface area contributed by atoms with Crippen LogP contribution in [0.5, 0.6) is 0 Å². The van der Waals surface area contributed by atoms with Crippen molar-refractivity contribution in [3.63, 3.8) is 0 Å². The summed E-state index contributed by atoms with van der Waals surface area (Å²) in [6.45, 7) is 0.869. The summed E-state index contributed by atoms with van der Waals surface area (Å²) in [5.74, 6) is -0.310. The first kappa shape index (κ1) is 17.7. The average molecular weight is 308 g/mol. The van der Waals surface area contributed by atoms with Gasteiger partial charge in [-0.1, -0.05) is 0 Å². The Balaban J connectivity index is 2.48. The molecule has 0 aliphatic carbocycles. The Morgan fingerprint density at radius 2 is 2.14 bits per heavy atom. The highest BCUT2D eigenvalue weighted by atomic mass is 19.4. The van der Waals surface area contributed by atoms with E-state index in [1.54, 1.807) is 0 Å². The van der Waals surface area contributed by atoms with Crippen LogP contribution in [0, 0.1) is 11.3 Å². The topological polar surface area (TPSA) is 62.6 Å². The summed E-state index contributed by atoms with van der Waals surface area (Å²) < 4.78 is 47.2. The molecule has 1 rings (SSSR count). The molecule has 1 aliphatic heterocycles. The molecular weight excluding hydrogens is 289 g/mol. The molecule has 2 unspecified atom stereocenters. The zero-order valence-electron chi connectivity index (χ0n) is 11.9. The van der Waals surface area contributed by atoms with E-state index in [9.17, 15) is 18.0 Å². The number of carbonyl (C=O) groups excluding carboxylic acids is 1. The molecule has 1 aliphatic rings. The van der Waals surface area contributed by atoms with Crippen molar-refractivity contribution >= 4 is 5.91 Å². The van der Waals surface area contributed by atoms with E-state index >= 15 is 0 Å². The number of rotatable bonds is 7. The van der Waals surface area contributed by atoms with Crippen LogP contribution in [0.25, 0.3) is 0 Å². The van der Waals surface area contributed by atoms with Crippen LogP contribution in [0.1, 0.15) is 25.7 Å². The number of methoxy groups -OCH3 is 1. The van der Waals surface area contributed by atoms with E-state index < -0.39 is 18.4 Å². The zero-order valence-corrected chi connectivity index (χ0v) is 11.9. The minimum absolute atomic E-state index is 0.0955. The molecule has 2 atom stereocenters. The van der Waals surface area contributed by atoms with Crippen LogP contribution in [0.3, 0.4) is 0 Å². The Morgan fingerprint density at radius 1 is 1.43 bits per heavy atom. The van der Waals surface area contributed by atoms with Crippen molar-refractivity contribution in [1.82, 2.24) is 4.90 Å². The Kier molecular flexibility index (Phi) is 6.92. The molecule has 0 aromatic carbocycles. The van der Waals surface area contributed by atoms with Gasteiger partial charge in [0.25, 0.3) is 0 Å². The average Bonchev–Trinajstić information content (AvgIpc) is 2.87. The highest BCUT2D eigenvalue weighted by molar-refractivity contribution is 5.76. The maximum absolute atomic E-state index is 12.5. The van der Waals surface area contributed by atoms with Crippen LogP contribution in [0.2, 0.25) is 0 Å². The molecule has 0 N–H and O–H groups in total. The molecule has 0 bridgehead atoms. The van der Waals surface area contributed by atoms with E-state index in [0.717, 1.165) is 0 Å². The fourth-order valence-corrected chi connectivity index (χ4v) is 2.17. The molecule has 1 heterocycles. The van der Waals surface area contributed by atoms with Crippen LogP contribution >= 0.6 is 0 Å². The fraction of sp³-hybridized carbons (Fsp3) is 0.846. The molecular formula is C13H19F3N2O3. The molecule has 0 saturated carbocycles. The molecule has 0 aromatic rings. The van der Waals surface area contributed by atoms with Crippen molar-refractivity contribution in [3.8, 4) is 6.07 Å². The molecule has 1 fully saturated rings. The van der Waals surface area contributed by atoms with Crippen molar-refractivity contribution in [2.24, 2.45) is 0 Å². The van der Waals surface area contributed by atoms with E-state index in [-0.39, 0.29) is 38.1 Å². The van der Waals surface area contributed by atoms with E-state index in [1.165, 1.54) is 12.0 Å². The van der Waals surface area contributed by atoms with Gasteiger partial charge in [0.15, 0.2) is 6.10 Å². The summed E-state index contributed by atoms with van der Waals surface area (Å²) in [6.07, 6.45) is -6.69. The normalized spacial score (nSPS) is 22.0. The first-order chi connectivity index (χ1) is 9.88. The Hall–Kier alpha value is -1.33. The van der Waals surface area contributed by atoms with E-state index in [1.807, 2.05) is 6.07 Å². The number of hydrogen-bond donors (Lipinski definition) is 0. The van der Waals surface area contributed by atoms with Crippen LogP contribution in [-0.4, -0.2) is 56.0 Å². The number of alkyl halides is 3. The van der Waals surface area contributed by atoms with Gasteiger partial charge in [0.1, 0.15) is 0 Å². The maximum Gasteiger partial charge on any atom is 0.414 e. The van der Waals surface area contributed by atoms with Gasteiger partial charge in [0.05, 0.1) is 31.6 Å². The number of carbonyl (C=O) groups is 1. The quantitative estimate of drug-likeness (QED) is 0.720. The number of nitriles is 1. The van der Waals surface area contributed by atoms with Gasteiger partial charge in [0, 0.05) is 20.2 Å². The lowest BCUT2D eigenvalue weighted by Gasteiger charge is -2.23. The van der Waals surface area contributed by atoms with Crippen LogP contribution in [0.15, 0.2) is 0 Å². The summed E-state index contributed by atoms with van der Waals surface area (Å²) in [5, 5.41) is 8.56. The summed E-state index contributed by atoms with van der Waals surface area (Å²) in [6, 6.07) is 1.94. The summed E-state index contributed by atoms with van der Waals surface area (Å²) in [5.41, 5.74) is 0. The zero-order chi connectivity index (χ0) is 15.9. The Labute approximate surface area is 121 Å². The highest BCUT2D eigenvalue weighted by Gasteiger charge is 2.45. The molecule has 1 saturated heterocycles. The van der Waals surface area contributed by atoms with Gasteiger partial charge in [-0.25, -0.2) is 0 Å². The highest BCUT2D eigenvalue weighted by Crippen LogP contribution is 2.34. The van der Waals surface area contributed by atoms with E-state index in [4.69, 9.17) is 14.7 Å². The van der Waals surface area contributed by atoms with Gasteiger partial charge in [-0.15, -0.1) is 0 Å². The van der Waals surface area contributed by atoms with Crippen LogP contribution in [0.4, 0.5) is 13.2 Å². The van der Waals surface area contributed by atoms with Gasteiger partial charge in [-0.2, -0.15) is 18.4 Å². The number of ether oxygens (including phenoxy) is 2. The summed E-state index contributed by atoms with van der Waals surface area (Å²) in [7, 11) is 1.49. The summed E-state index contributed by atoms with van der Waals surface area (Å²) in [4.78, 5) is 13.5. The van der Waals surface area contributed by atoms with E-state index in [2.05, 4.69) is 0 Å².